The molecule has 0 amide bonds. The third-order valence-corrected chi connectivity index (χ3v) is 4.83. The molecule has 0 radical (unpaired) electrons. The molecule has 0 bridgehead atoms. The molecular formula is C17H17BrN2O3. The highest BCUT2D eigenvalue weighted by atomic mass is 79.9. The van der Waals surface area contributed by atoms with Crippen molar-refractivity contribution in [1.82, 2.24) is 5.32 Å². The zero-order chi connectivity index (χ0) is 16.4. The molecule has 2 aromatic carbocycles. The van der Waals surface area contributed by atoms with Crippen molar-refractivity contribution >= 4 is 21.6 Å². The lowest BCUT2D eigenvalue weighted by Crippen LogP contribution is -2.20. The van der Waals surface area contributed by atoms with Crippen molar-refractivity contribution in [1.29, 1.82) is 0 Å². The number of nitrogens with one attached hydrogen (secondary N) is 1. The molecule has 1 atom stereocenters. The summed E-state index contributed by atoms with van der Waals surface area (Å²) in [7, 11) is 1.66. The van der Waals surface area contributed by atoms with Crippen LogP contribution < -0.4 is 10.1 Å². The molecule has 3 rings (SSSR count). The monoisotopic (exact) mass is 376 g/mol. The van der Waals surface area contributed by atoms with Crippen LogP contribution in [-0.2, 0) is 6.42 Å². The Balaban J connectivity index is 2.04. The summed E-state index contributed by atoms with van der Waals surface area (Å²) in [6.07, 6.45) is 0.946. The number of ether oxygens (including phenoxy) is 1. The Morgan fingerprint density at radius 3 is 2.70 bits per heavy atom. The highest BCUT2D eigenvalue weighted by Crippen LogP contribution is 2.36. The lowest BCUT2D eigenvalue weighted by atomic mass is 9.88. The van der Waals surface area contributed by atoms with E-state index in [4.69, 9.17) is 4.74 Å². The minimum absolute atomic E-state index is 0.115. The summed E-state index contributed by atoms with van der Waals surface area (Å²) < 4.78 is 6.38. The van der Waals surface area contributed by atoms with Crippen LogP contribution in [0.25, 0.3) is 0 Å². The highest BCUT2D eigenvalue weighted by Gasteiger charge is 2.22. The van der Waals surface area contributed by atoms with Gasteiger partial charge in [0.1, 0.15) is 5.75 Å². The van der Waals surface area contributed by atoms with Crippen LogP contribution in [0.2, 0.25) is 0 Å². The Kier molecular flexibility index (Phi) is 4.63. The van der Waals surface area contributed by atoms with E-state index in [1.54, 1.807) is 19.2 Å². The van der Waals surface area contributed by atoms with Gasteiger partial charge in [-0.1, -0.05) is 12.1 Å². The normalized spacial score (nSPS) is 17.2. The third kappa shape index (κ3) is 3.23. The maximum atomic E-state index is 10.8. The fraction of sp³-hybridized carbons (Fsp3) is 0.294. The topological polar surface area (TPSA) is 64.4 Å². The van der Waals surface area contributed by atoms with Gasteiger partial charge in [-0.25, -0.2) is 0 Å². The lowest BCUT2D eigenvalue weighted by Gasteiger charge is -2.19. The number of halogens is 1. The molecule has 6 heteroatoms. The van der Waals surface area contributed by atoms with E-state index in [2.05, 4.69) is 33.4 Å². The van der Waals surface area contributed by atoms with Gasteiger partial charge in [0, 0.05) is 24.6 Å². The number of methoxy groups -OCH3 is 1. The van der Waals surface area contributed by atoms with Gasteiger partial charge in [-0.05, 0) is 57.7 Å². The van der Waals surface area contributed by atoms with Crippen LogP contribution in [0, 0.1) is 10.1 Å². The van der Waals surface area contributed by atoms with E-state index in [1.807, 2.05) is 12.1 Å². The van der Waals surface area contributed by atoms with E-state index in [1.165, 1.54) is 11.1 Å². The van der Waals surface area contributed by atoms with E-state index in [9.17, 15) is 10.1 Å². The summed E-state index contributed by atoms with van der Waals surface area (Å²) >= 11 is 3.54. The standard InChI is InChI=1S/C17H17BrN2O3/c1-23-17-9-14-12(8-16(17)18)6-7-19-10-15(14)11-2-4-13(5-3-11)20(21)22/h2-5,8-9,15,19H,6-7,10H2,1H3. The number of rotatable bonds is 3. The van der Waals surface area contributed by atoms with Crippen LogP contribution in [0.4, 0.5) is 5.69 Å². The van der Waals surface area contributed by atoms with Gasteiger partial charge in [0.15, 0.2) is 0 Å². The molecule has 1 N–H and O–H groups in total. The quantitative estimate of drug-likeness (QED) is 0.655. The maximum absolute atomic E-state index is 10.8. The number of benzene rings is 2. The molecular weight excluding hydrogens is 360 g/mol. The first-order chi connectivity index (χ1) is 11.1. The number of hydrogen-bond donors (Lipinski definition) is 1. The first-order valence-corrected chi connectivity index (χ1v) is 8.21. The van der Waals surface area contributed by atoms with Crippen molar-refractivity contribution in [3.63, 3.8) is 0 Å². The zero-order valence-electron chi connectivity index (χ0n) is 12.7. The summed E-state index contributed by atoms with van der Waals surface area (Å²) in [6.45, 7) is 1.71. The molecule has 0 spiro atoms. The van der Waals surface area contributed by atoms with Crippen molar-refractivity contribution in [3.8, 4) is 5.75 Å². The summed E-state index contributed by atoms with van der Waals surface area (Å²) in [6, 6.07) is 11.0. The largest absolute Gasteiger partial charge is 0.496 e. The Hall–Kier alpha value is -1.92. The molecule has 0 aromatic heterocycles. The van der Waals surface area contributed by atoms with Gasteiger partial charge in [-0.2, -0.15) is 0 Å². The molecule has 1 heterocycles. The predicted octanol–water partition coefficient (Wildman–Crippen LogP) is 3.64. The number of fused-ring (bicyclic) bond motifs is 1. The van der Waals surface area contributed by atoms with Crippen molar-refractivity contribution in [2.45, 2.75) is 12.3 Å². The predicted molar refractivity (Wildman–Crippen MR) is 92.2 cm³/mol. The number of nitro benzene ring substituents is 1. The summed E-state index contributed by atoms with van der Waals surface area (Å²) in [4.78, 5) is 10.5. The van der Waals surface area contributed by atoms with Crippen molar-refractivity contribution < 1.29 is 9.66 Å². The summed E-state index contributed by atoms with van der Waals surface area (Å²) in [5, 5.41) is 14.3. The van der Waals surface area contributed by atoms with Crippen molar-refractivity contribution in [3.05, 3.63) is 67.7 Å². The summed E-state index contributed by atoms with van der Waals surface area (Å²) in [5.74, 6) is 0.952. The molecule has 0 saturated carbocycles. The number of nitrogens with zero attached hydrogens (tertiary/aromatic N) is 1. The first kappa shape index (κ1) is 16.0. The second-order valence-corrected chi connectivity index (χ2v) is 6.40. The van der Waals surface area contributed by atoms with Gasteiger partial charge in [0.05, 0.1) is 16.5 Å². The van der Waals surface area contributed by atoms with Gasteiger partial charge in [-0.15, -0.1) is 0 Å². The second-order valence-electron chi connectivity index (χ2n) is 5.54. The number of nitro groups is 1. The van der Waals surface area contributed by atoms with Crippen LogP contribution in [0.15, 0.2) is 40.9 Å². The summed E-state index contributed by atoms with van der Waals surface area (Å²) in [5.41, 5.74) is 3.66. The average Bonchev–Trinajstić information content (AvgIpc) is 2.76. The molecule has 120 valence electrons. The molecule has 23 heavy (non-hydrogen) atoms. The van der Waals surface area contributed by atoms with Crippen LogP contribution >= 0.6 is 15.9 Å². The van der Waals surface area contributed by atoms with E-state index >= 15 is 0 Å². The van der Waals surface area contributed by atoms with Crippen LogP contribution in [0.5, 0.6) is 5.75 Å². The SMILES string of the molecule is COc1cc2c(cc1Br)CCNCC2c1ccc([N+](=O)[O-])cc1. The van der Waals surface area contributed by atoms with E-state index in [0.29, 0.717) is 0 Å². The smallest absolute Gasteiger partial charge is 0.269 e. The van der Waals surface area contributed by atoms with E-state index in [0.717, 1.165) is 35.3 Å². The van der Waals surface area contributed by atoms with Crippen LogP contribution in [0.3, 0.4) is 0 Å². The molecule has 2 aromatic rings. The Morgan fingerprint density at radius 1 is 1.30 bits per heavy atom. The molecule has 0 saturated heterocycles. The van der Waals surface area contributed by atoms with Crippen molar-refractivity contribution in [2.24, 2.45) is 0 Å². The Bertz CT molecular complexity index is 731. The number of non-ortho nitro benzene ring substituents is 1. The number of hydrogen-bond acceptors (Lipinski definition) is 4. The first-order valence-electron chi connectivity index (χ1n) is 7.41. The van der Waals surface area contributed by atoms with Gasteiger partial charge < -0.3 is 10.1 Å². The molecule has 0 fully saturated rings. The van der Waals surface area contributed by atoms with E-state index in [-0.39, 0.29) is 16.5 Å². The Morgan fingerprint density at radius 2 is 2.04 bits per heavy atom. The highest BCUT2D eigenvalue weighted by molar-refractivity contribution is 9.10. The van der Waals surface area contributed by atoms with Crippen LogP contribution in [0.1, 0.15) is 22.6 Å². The van der Waals surface area contributed by atoms with Crippen LogP contribution in [-0.4, -0.2) is 25.1 Å². The van der Waals surface area contributed by atoms with Gasteiger partial charge in [0.25, 0.3) is 5.69 Å². The minimum atomic E-state index is -0.372. The minimum Gasteiger partial charge on any atom is -0.496 e. The van der Waals surface area contributed by atoms with Gasteiger partial charge in [0.2, 0.25) is 0 Å². The van der Waals surface area contributed by atoms with Crippen molar-refractivity contribution in [2.75, 3.05) is 20.2 Å². The fourth-order valence-corrected chi connectivity index (χ4v) is 3.57. The molecule has 1 unspecified atom stereocenters. The maximum Gasteiger partial charge on any atom is 0.269 e. The third-order valence-electron chi connectivity index (χ3n) is 4.21. The molecule has 5 nitrogen and oxygen atoms in total. The van der Waals surface area contributed by atoms with Gasteiger partial charge >= 0.3 is 0 Å². The van der Waals surface area contributed by atoms with E-state index < -0.39 is 0 Å². The molecule has 1 aliphatic rings. The second kappa shape index (κ2) is 6.68. The lowest BCUT2D eigenvalue weighted by molar-refractivity contribution is -0.384. The zero-order valence-corrected chi connectivity index (χ0v) is 14.3. The average molecular weight is 377 g/mol. The molecule has 0 aliphatic carbocycles. The molecule has 1 aliphatic heterocycles. The van der Waals surface area contributed by atoms with Gasteiger partial charge in [-0.3, -0.25) is 10.1 Å². The fourth-order valence-electron chi connectivity index (χ4n) is 3.01. The Labute approximate surface area is 142 Å².